The van der Waals surface area contributed by atoms with Gasteiger partial charge in [0.05, 0.1) is 0 Å². The third-order valence-electron chi connectivity index (χ3n) is 5.90. The maximum atomic E-state index is 12.7. The molecule has 0 radical (unpaired) electrons. The SMILES string of the molecule is CCN(CC)CC1(c2ccc(N3CCCC(N(O)S(=O)O)C3=O)cc2)CC1. The zero-order valence-corrected chi connectivity index (χ0v) is 16.8. The molecule has 3 rings (SSSR count). The topological polar surface area (TPSA) is 84.3 Å². The second kappa shape index (κ2) is 8.36. The molecule has 1 aliphatic carbocycles. The molecule has 2 N–H and O–H groups in total. The van der Waals surface area contributed by atoms with E-state index < -0.39 is 17.3 Å². The first-order valence-corrected chi connectivity index (χ1v) is 10.7. The van der Waals surface area contributed by atoms with Crippen molar-refractivity contribution in [2.75, 3.05) is 31.1 Å². The van der Waals surface area contributed by atoms with Gasteiger partial charge in [0.25, 0.3) is 11.3 Å². The standard InChI is InChI=1S/C19H29N3O4S/c1-3-20(4-2)14-19(11-12-19)15-7-9-16(10-8-15)21-13-5-6-17(18(21)23)22(24)27(25)26/h7-10,17,24H,3-6,11-14H2,1-2H3,(H,25,26). The molecule has 2 fully saturated rings. The highest BCUT2D eigenvalue weighted by molar-refractivity contribution is 7.76. The van der Waals surface area contributed by atoms with Crippen molar-refractivity contribution in [2.45, 2.75) is 51.0 Å². The van der Waals surface area contributed by atoms with Crippen LogP contribution in [0, 0.1) is 0 Å². The Labute approximate surface area is 163 Å². The van der Waals surface area contributed by atoms with E-state index in [2.05, 4.69) is 30.9 Å². The Bertz CT molecular complexity index is 689. The number of carbonyl (C=O) groups excluding carboxylic acids is 1. The van der Waals surface area contributed by atoms with Crippen molar-refractivity contribution in [1.82, 2.24) is 9.37 Å². The Kier molecular flexibility index (Phi) is 6.32. The van der Waals surface area contributed by atoms with Crippen LogP contribution in [0.5, 0.6) is 0 Å². The minimum Gasteiger partial charge on any atom is -0.311 e. The van der Waals surface area contributed by atoms with Crippen LogP contribution < -0.4 is 4.90 Å². The van der Waals surface area contributed by atoms with Crippen LogP contribution in [0.25, 0.3) is 0 Å². The highest BCUT2D eigenvalue weighted by Crippen LogP contribution is 2.49. The van der Waals surface area contributed by atoms with Crippen molar-refractivity contribution in [3.05, 3.63) is 29.8 Å². The lowest BCUT2D eigenvalue weighted by Crippen LogP contribution is -2.52. The van der Waals surface area contributed by atoms with E-state index in [1.807, 2.05) is 12.1 Å². The van der Waals surface area contributed by atoms with E-state index in [-0.39, 0.29) is 15.8 Å². The molecule has 0 bridgehead atoms. The third-order valence-corrected chi connectivity index (χ3v) is 6.48. The summed E-state index contributed by atoms with van der Waals surface area (Å²) < 4.78 is 20.4. The minimum atomic E-state index is -2.58. The van der Waals surface area contributed by atoms with Crippen LogP contribution in [-0.4, -0.2) is 61.5 Å². The lowest BCUT2D eigenvalue weighted by molar-refractivity contribution is -0.134. The van der Waals surface area contributed by atoms with Gasteiger partial charge in [-0.2, -0.15) is 0 Å². The summed E-state index contributed by atoms with van der Waals surface area (Å²) >= 11 is -2.58. The van der Waals surface area contributed by atoms with Crippen molar-refractivity contribution in [2.24, 2.45) is 0 Å². The number of hydroxylamine groups is 1. The number of amides is 1. The Morgan fingerprint density at radius 1 is 1.22 bits per heavy atom. The summed E-state index contributed by atoms with van der Waals surface area (Å²) in [5, 5.41) is 9.71. The summed E-state index contributed by atoms with van der Waals surface area (Å²) in [7, 11) is 0. The van der Waals surface area contributed by atoms with E-state index in [4.69, 9.17) is 4.55 Å². The smallest absolute Gasteiger partial charge is 0.259 e. The molecule has 8 heteroatoms. The predicted molar refractivity (Wildman–Crippen MR) is 105 cm³/mol. The molecule has 2 unspecified atom stereocenters. The Morgan fingerprint density at radius 2 is 1.85 bits per heavy atom. The number of hydrogen-bond acceptors (Lipinski definition) is 4. The van der Waals surface area contributed by atoms with Gasteiger partial charge >= 0.3 is 0 Å². The van der Waals surface area contributed by atoms with Gasteiger partial charge in [-0.25, -0.2) is 4.21 Å². The molecule has 0 spiro atoms. The van der Waals surface area contributed by atoms with Gasteiger partial charge in [-0.3, -0.25) is 14.6 Å². The average Bonchev–Trinajstić information content (AvgIpc) is 3.46. The van der Waals surface area contributed by atoms with Crippen LogP contribution >= 0.6 is 0 Å². The molecule has 1 aliphatic heterocycles. The molecule has 1 saturated carbocycles. The maximum Gasteiger partial charge on any atom is 0.259 e. The number of likely N-dealkylation sites (N-methyl/N-ethyl adjacent to an activating group) is 1. The van der Waals surface area contributed by atoms with Gasteiger partial charge in [0.15, 0.2) is 0 Å². The van der Waals surface area contributed by atoms with E-state index in [1.165, 1.54) is 18.4 Å². The third kappa shape index (κ3) is 4.25. The molecule has 27 heavy (non-hydrogen) atoms. The summed E-state index contributed by atoms with van der Waals surface area (Å²) in [6.45, 7) is 8.07. The van der Waals surface area contributed by atoms with E-state index in [9.17, 15) is 14.2 Å². The Morgan fingerprint density at radius 3 is 2.37 bits per heavy atom. The number of carbonyl (C=O) groups is 1. The van der Waals surface area contributed by atoms with Crippen LogP contribution in [-0.2, 0) is 21.5 Å². The van der Waals surface area contributed by atoms with Gasteiger partial charge in [-0.05, 0) is 56.5 Å². The van der Waals surface area contributed by atoms with E-state index in [1.54, 1.807) is 4.90 Å². The predicted octanol–water partition coefficient (Wildman–Crippen LogP) is 2.38. The molecule has 1 amide bonds. The number of rotatable bonds is 8. The molecule has 1 aromatic carbocycles. The monoisotopic (exact) mass is 395 g/mol. The van der Waals surface area contributed by atoms with E-state index >= 15 is 0 Å². The van der Waals surface area contributed by atoms with Crippen LogP contribution in [0.15, 0.2) is 24.3 Å². The van der Waals surface area contributed by atoms with Crippen molar-refractivity contribution in [3.8, 4) is 0 Å². The number of piperidine rings is 1. The Balaban J connectivity index is 1.73. The van der Waals surface area contributed by atoms with Crippen molar-refractivity contribution in [3.63, 3.8) is 0 Å². The summed E-state index contributed by atoms with van der Waals surface area (Å²) in [6.07, 6.45) is 3.41. The molecule has 7 nitrogen and oxygen atoms in total. The normalized spacial score (nSPS) is 23.1. The van der Waals surface area contributed by atoms with Gasteiger partial charge in [0, 0.05) is 24.2 Å². The van der Waals surface area contributed by atoms with Crippen LogP contribution in [0.1, 0.15) is 45.1 Å². The minimum absolute atomic E-state index is 0.231. The quantitative estimate of drug-likeness (QED) is 0.522. The van der Waals surface area contributed by atoms with Crippen LogP contribution in [0.3, 0.4) is 0 Å². The maximum absolute atomic E-state index is 12.7. The highest BCUT2D eigenvalue weighted by atomic mass is 32.2. The first-order chi connectivity index (χ1) is 12.9. The summed E-state index contributed by atoms with van der Waals surface area (Å²) in [4.78, 5) is 16.7. The van der Waals surface area contributed by atoms with E-state index in [0.29, 0.717) is 19.4 Å². The fourth-order valence-corrected chi connectivity index (χ4v) is 4.40. The fraction of sp³-hybridized carbons (Fsp3) is 0.632. The second-order valence-electron chi connectivity index (χ2n) is 7.47. The first-order valence-electron chi connectivity index (χ1n) is 9.65. The molecule has 1 saturated heterocycles. The van der Waals surface area contributed by atoms with Gasteiger partial charge in [-0.1, -0.05) is 30.4 Å². The van der Waals surface area contributed by atoms with Crippen molar-refractivity contribution < 1.29 is 18.8 Å². The molecule has 2 atom stereocenters. The van der Waals surface area contributed by atoms with Gasteiger partial charge < -0.3 is 9.80 Å². The number of hydrogen-bond donors (Lipinski definition) is 2. The largest absolute Gasteiger partial charge is 0.311 e. The number of nitrogens with zero attached hydrogens (tertiary/aromatic N) is 3. The highest BCUT2D eigenvalue weighted by Gasteiger charge is 2.45. The van der Waals surface area contributed by atoms with Gasteiger partial charge in [-0.15, -0.1) is 0 Å². The fourth-order valence-electron chi connectivity index (χ4n) is 3.99. The average molecular weight is 396 g/mol. The zero-order valence-electron chi connectivity index (χ0n) is 16.0. The van der Waals surface area contributed by atoms with Crippen molar-refractivity contribution >= 4 is 22.9 Å². The summed E-state index contributed by atoms with van der Waals surface area (Å²) in [6, 6.07) is 7.12. The Hall–Kier alpha value is -1.32. The molecule has 2 aliphatic rings. The number of anilines is 1. The second-order valence-corrected chi connectivity index (χ2v) is 8.31. The zero-order chi connectivity index (χ0) is 19.6. The van der Waals surface area contributed by atoms with Crippen molar-refractivity contribution in [1.29, 1.82) is 0 Å². The van der Waals surface area contributed by atoms with Crippen LogP contribution in [0.2, 0.25) is 0 Å². The lowest BCUT2D eigenvalue weighted by atomic mass is 9.94. The molecule has 1 heterocycles. The molecule has 1 aromatic rings. The molecular formula is C19H29N3O4S. The molecule has 0 aromatic heterocycles. The number of benzene rings is 1. The van der Waals surface area contributed by atoms with E-state index in [0.717, 1.165) is 25.3 Å². The summed E-state index contributed by atoms with van der Waals surface area (Å²) in [5.41, 5.74) is 2.30. The molecule has 150 valence electrons. The lowest BCUT2D eigenvalue weighted by Gasteiger charge is -2.34. The first kappa shape index (κ1) is 20.4. The van der Waals surface area contributed by atoms with Gasteiger partial charge in [0.1, 0.15) is 6.04 Å². The van der Waals surface area contributed by atoms with Crippen LogP contribution in [0.4, 0.5) is 5.69 Å². The molecular weight excluding hydrogens is 366 g/mol. The summed E-state index contributed by atoms with van der Waals surface area (Å²) in [5.74, 6) is -0.344. The van der Waals surface area contributed by atoms with Gasteiger partial charge in [0.2, 0.25) is 5.91 Å².